The fraction of sp³-hybridized carbons (Fsp3) is 0.105. The Morgan fingerprint density at radius 1 is 0.738 bits per heavy atom. The van der Waals surface area contributed by atoms with E-state index in [9.17, 15) is 0 Å². The fourth-order valence-corrected chi connectivity index (χ4v) is 8.96. The molecule has 0 spiro atoms. The van der Waals surface area contributed by atoms with Crippen LogP contribution in [0.4, 0.5) is 0 Å². The molecule has 0 fully saturated rings. The molecule has 0 aromatic heterocycles. The van der Waals surface area contributed by atoms with E-state index in [1.54, 1.807) is 0 Å². The third-order valence-corrected chi connectivity index (χ3v) is 11.5. The third-order valence-electron chi connectivity index (χ3n) is 6.75. The molecule has 0 bridgehead atoms. The quantitative estimate of drug-likeness (QED) is 0.109. The molecule has 205 valence electrons. The molecule has 0 heterocycles. The second kappa shape index (κ2) is 15.7. The minimum absolute atomic E-state index is 0. The van der Waals surface area contributed by atoms with Crippen LogP contribution < -0.4 is 15.9 Å². The van der Waals surface area contributed by atoms with Gasteiger partial charge >= 0.3 is 17.1 Å². The molecule has 3 aromatic rings. The molecule has 3 aliphatic rings. The maximum absolute atomic E-state index is 3.36. The molecule has 42 heavy (non-hydrogen) atoms. The van der Waals surface area contributed by atoms with Gasteiger partial charge in [-0.15, -0.1) is 17.8 Å². The van der Waals surface area contributed by atoms with Crippen molar-refractivity contribution < 1.29 is 17.1 Å². The van der Waals surface area contributed by atoms with Gasteiger partial charge in [0.25, 0.3) is 0 Å². The molecule has 1 nitrogen and oxygen atoms in total. The third kappa shape index (κ3) is 7.66. The largest absolute Gasteiger partial charge is 2.00 e. The summed E-state index contributed by atoms with van der Waals surface area (Å²) in [5.41, 5.74) is 19.8. The summed E-state index contributed by atoms with van der Waals surface area (Å²) < 4.78 is 0. The van der Waals surface area contributed by atoms with Crippen LogP contribution in [0.3, 0.4) is 0 Å². The van der Waals surface area contributed by atoms with Crippen molar-refractivity contribution in [3.63, 3.8) is 0 Å². The van der Waals surface area contributed by atoms with Crippen LogP contribution in [-0.4, -0.2) is 25.0 Å². The molecule has 6 rings (SSSR count). The molecule has 0 N–H and O–H groups in total. The monoisotopic (exact) mass is 618 g/mol. The van der Waals surface area contributed by atoms with Crippen molar-refractivity contribution in [1.29, 1.82) is 0 Å². The Kier molecular flexibility index (Phi) is 11.7. The Labute approximate surface area is 263 Å². The first-order valence-corrected chi connectivity index (χ1v) is 16.2. The number of hydrogen-bond acceptors (Lipinski definition) is 1. The first-order chi connectivity index (χ1) is 20.1. The molecular formula is C38H30FeNP2. The maximum atomic E-state index is 3.36. The van der Waals surface area contributed by atoms with E-state index in [2.05, 4.69) is 176 Å². The van der Waals surface area contributed by atoms with Crippen LogP contribution in [0, 0.1) is 18.9 Å². The Bertz CT molecular complexity index is 1690. The Hall–Kier alpha value is -3.49. The predicted molar refractivity (Wildman–Crippen MR) is 176 cm³/mol. The number of nitrogens with zero attached hydrogens (tertiary/aromatic N) is 1. The summed E-state index contributed by atoms with van der Waals surface area (Å²) in [4.78, 5) is 2.21. The molecule has 3 aromatic carbocycles. The zero-order valence-electron chi connectivity index (χ0n) is 23.8. The summed E-state index contributed by atoms with van der Waals surface area (Å²) in [5.74, 6) is 0. The van der Waals surface area contributed by atoms with E-state index in [1.807, 2.05) is 12.1 Å². The molecule has 3 aliphatic carbocycles. The van der Waals surface area contributed by atoms with Crippen LogP contribution >= 0.6 is 15.8 Å². The topological polar surface area (TPSA) is 3.24 Å². The molecule has 4 heteroatoms. The van der Waals surface area contributed by atoms with Crippen molar-refractivity contribution in [2.24, 2.45) is 0 Å². The summed E-state index contributed by atoms with van der Waals surface area (Å²) in [6, 6.07) is 32.0. The average molecular weight is 618 g/mol. The Balaban J connectivity index is 0.000000193. The van der Waals surface area contributed by atoms with E-state index >= 15 is 0 Å². The van der Waals surface area contributed by atoms with Crippen LogP contribution in [0.1, 0.15) is 6.92 Å². The molecule has 0 amide bonds. The van der Waals surface area contributed by atoms with Crippen molar-refractivity contribution in [2.45, 2.75) is 13.0 Å². The summed E-state index contributed by atoms with van der Waals surface area (Å²) >= 11 is 0. The molecule has 1 unspecified atom stereocenters. The second-order valence-corrected chi connectivity index (χ2v) is 13.9. The SMILES string of the molecule is C1=C=[C-]C(P(c2ccccc2)c2ccccc2)=C=1.C[C@@H](C1=C=C=C=C1P(C1=C[CH]C=C[CH-]1)c1ccccc1)N(C)C.[Fe+2]. The smallest absolute Gasteiger partial charge is 0.302 e. The standard InChI is InChI=1S/C21H20NP.C17H10P.Fe/c1-17(22(2)3)20-15-10-16-21(20)23(18-11-6-4-7-12-18)19-13-8-5-9-14-19;1-3-9-15(10-4-1)18(17-13-7-8-14-17)16-11-5-2-6-12-16;/h4-9,11-14,17H,1-3H3;1-6,9-12H;/q2*-1;+2/t17-;;/m0../s1. The van der Waals surface area contributed by atoms with Gasteiger partial charge in [-0.05, 0) is 58.5 Å². The van der Waals surface area contributed by atoms with Gasteiger partial charge in [0.15, 0.2) is 0 Å². The van der Waals surface area contributed by atoms with Gasteiger partial charge in [0.2, 0.25) is 0 Å². The summed E-state index contributed by atoms with van der Waals surface area (Å²) in [6.07, 6.45) is 13.8. The van der Waals surface area contributed by atoms with Gasteiger partial charge < -0.3 is 4.90 Å². The van der Waals surface area contributed by atoms with Crippen LogP contribution in [0.25, 0.3) is 0 Å². The molecule has 0 saturated heterocycles. The zero-order chi connectivity index (χ0) is 28.4. The average Bonchev–Trinajstić information content (AvgIpc) is 3.73. The van der Waals surface area contributed by atoms with Crippen molar-refractivity contribution >= 4 is 31.8 Å². The normalized spacial score (nSPS) is 15.3. The van der Waals surface area contributed by atoms with Gasteiger partial charge in [-0.3, -0.25) is 11.5 Å². The van der Waals surface area contributed by atoms with Crippen LogP contribution in [-0.2, 0) is 17.1 Å². The minimum atomic E-state index is -0.632. The molecule has 1 radical (unpaired) electrons. The van der Waals surface area contributed by atoms with Crippen LogP contribution in [0.5, 0.6) is 0 Å². The molecule has 2 atom stereocenters. The number of benzene rings is 3. The van der Waals surface area contributed by atoms with Crippen molar-refractivity contribution in [1.82, 2.24) is 4.90 Å². The van der Waals surface area contributed by atoms with Crippen molar-refractivity contribution in [3.8, 4) is 0 Å². The van der Waals surface area contributed by atoms with Gasteiger partial charge in [0.05, 0.1) is 0 Å². The van der Waals surface area contributed by atoms with E-state index in [1.165, 1.54) is 32.1 Å². The number of hydrogen-bond donors (Lipinski definition) is 0. The number of likely N-dealkylation sites (N-methyl/N-ethyl adjacent to an activating group) is 1. The van der Waals surface area contributed by atoms with E-state index in [-0.39, 0.29) is 17.1 Å². The van der Waals surface area contributed by atoms with Gasteiger partial charge in [0, 0.05) is 16.9 Å². The van der Waals surface area contributed by atoms with Crippen LogP contribution in [0.2, 0.25) is 0 Å². The van der Waals surface area contributed by atoms with Crippen molar-refractivity contribution in [2.75, 3.05) is 14.1 Å². The number of rotatable bonds is 8. The molecule has 0 aliphatic heterocycles. The van der Waals surface area contributed by atoms with Gasteiger partial charge in [0.1, 0.15) is 0 Å². The van der Waals surface area contributed by atoms with Crippen LogP contribution in [0.15, 0.2) is 165 Å². The molecule has 0 saturated carbocycles. The van der Waals surface area contributed by atoms with Gasteiger partial charge in [-0.1, -0.05) is 108 Å². The van der Waals surface area contributed by atoms with Gasteiger partial charge in [-0.25, -0.2) is 5.73 Å². The summed E-state index contributed by atoms with van der Waals surface area (Å²) in [6.45, 7) is 2.21. The Morgan fingerprint density at radius 3 is 1.79 bits per heavy atom. The van der Waals surface area contributed by atoms with E-state index in [0.29, 0.717) is 6.04 Å². The predicted octanol–water partition coefficient (Wildman–Crippen LogP) is 7.62. The van der Waals surface area contributed by atoms with Crippen molar-refractivity contribution in [3.05, 3.63) is 184 Å². The number of allylic oxidation sites excluding steroid dienone is 6. The first kappa shape index (κ1) is 31.4. The van der Waals surface area contributed by atoms with E-state index < -0.39 is 15.8 Å². The zero-order valence-corrected chi connectivity index (χ0v) is 26.7. The summed E-state index contributed by atoms with van der Waals surface area (Å²) in [5, 5.41) is 7.58. The first-order valence-electron chi connectivity index (χ1n) is 13.5. The van der Waals surface area contributed by atoms with E-state index in [4.69, 9.17) is 0 Å². The fourth-order valence-electron chi connectivity index (χ4n) is 4.47. The Morgan fingerprint density at radius 2 is 1.31 bits per heavy atom. The van der Waals surface area contributed by atoms with E-state index in [0.717, 1.165) is 5.31 Å². The second-order valence-electron chi connectivity index (χ2n) is 9.64. The molecular weight excluding hydrogens is 588 g/mol. The summed E-state index contributed by atoms with van der Waals surface area (Å²) in [7, 11) is 2.99. The minimum Gasteiger partial charge on any atom is -0.302 e. The maximum Gasteiger partial charge on any atom is 2.00 e. The van der Waals surface area contributed by atoms with Gasteiger partial charge in [-0.2, -0.15) is 24.6 Å².